The lowest BCUT2D eigenvalue weighted by Gasteiger charge is -2.39. The molecule has 0 saturated carbocycles. The van der Waals surface area contributed by atoms with Crippen LogP contribution >= 0.6 is 11.6 Å². The van der Waals surface area contributed by atoms with E-state index in [1.54, 1.807) is 0 Å². The number of carbonyl (C=O) groups excluding carboxylic acids is 1. The van der Waals surface area contributed by atoms with Gasteiger partial charge in [-0.05, 0) is 28.6 Å². The van der Waals surface area contributed by atoms with Crippen molar-refractivity contribution in [2.24, 2.45) is 11.8 Å². The van der Waals surface area contributed by atoms with E-state index < -0.39 is 8.07 Å². The second-order valence-electron chi connectivity index (χ2n) is 6.49. The Bertz CT molecular complexity index is 228. The zero-order chi connectivity index (χ0) is 12.4. The zero-order valence-corrected chi connectivity index (χ0v) is 12.9. The molecule has 0 aromatic rings. The highest BCUT2D eigenvalue weighted by Crippen LogP contribution is 2.42. The molecule has 0 aliphatic rings. The molecule has 3 heteroatoms. The molecule has 0 aromatic carbocycles. The molecule has 1 nitrogen and oxygen atoms in total. The fraction of sp³-hybridized carbons (Fsp3) is 0.917. The Hall–Kier alpha value is 0.177. The summed E-state index contributed by atoms with van der Waals surface area (Å²) in [6.45, 7) is 15.7. The molecular formula is C12H25ClOSi. The highest BCUT2D eigenvalue weighted by Gasteiger charge is 2.39. The maximum absolute atomic E-state index is 11.4. The van der Waals surface area contributed by atoms with Crippen molar-refractivity contribution in [3.63, 3.8) is 0 Å². The van der Waals surface area contributed by atoms with Gasteiger partial charge in [0.15, 0.2) is 0 Å². The molecule has 0 aliphatic heterocycles. The zero-order valence-electron chi connectivity index (χ0n) is 11.1. The van der Waals surface area contributed by atoms with Crippen molar-refractivity contribution >= 4 is 24.9 Å². The molecule has 1 unspecified atom stereocenters. The van der Waals surface area contributed by atoms with Crippen molar-refractivity contribution in [2.75, 3.05) is 0 Å². The van der Waals surface area contributed by atoms with Crippen LogP contribution in [0.2, 0.25) is 24.2 Å². The third-order valence-electron chi connectivity index (χ3n) is 3.86. The van der Waals surface area contributed by atoms with Gasteiger partial charge in [-0.3, -0.25) is 4.79 Å². The van der Waals surface area contributed by atoms with E-state index in [0.29, 0.717) is 11.0 Å². The molecule has 0 amide bonds. The molecule has 0 bridgehead atoms. The summed E-state index contributed by atoms with van der Waals surface area (Å²) in [5.74, 6) is 0.386. The first kappa shape index (κ1) is 15.2. The van der Waals surface area contributed by atoms with Gasteiger partial charge in [-0.1, -0.05) is 47.7 Å². The van der Waals surface area contributed by atoms with E-state index in [1.807, 2.05) is 0 Å². The van der Waals surface area contributed by atoms with Gasteiger partial charge in [0.2, 0.25) is 5.24 Å². The van der Waals surface area contributed by atoms with Crippen LogP contribution in [-0.4, -0.2) is 13.3 Å². The minimum Gasteiger partial charge on any atom is -0.281 e. The van der Waals surface area contributed by atoms with Gasteiger partial charge in [0, 0.05) is 5.92 Å². The fourth-order valence-corrected chi connectivity index (χ4v) is 4.26. The third-order valence-corrected chi connectivity index (χ3v) is 9.66. The molecule has 90 valence electrons. The standard InChI is InChI=1S/C12H25ClOSi/c1-9(2)10(11(13)14)8-15(6,7)12(3,4)5/h9-10H,8H2,1-7H3. The van der Waals surface area contributed by atoms with Crippen molar-refractivity contribution < 1.29 is 4.79 Å². The number of rotatable bonds is 4. The summed E-state index contributed by atoms with van der Waals surface area (Å²) in [5, 5.41) is 0.168. The average molecular weight is 249 g/mol. The Kier molecular flexibility index (Phi) is 5.06. The summed E-state index contributed by atoms with van der Waals surface area (Å²) in [4.78, 5) is 11.4. The minimum absolute atomic E-state index is 0.0348. The minimum atomic E-state index is -1.40. The molecule has 1 atom stereocenters. The van der Waals surface area contributed by atoms with Crippen molar-refractivity contribution in [3.8, 4) is 0 Å². The van der Waals surface area contributed by atoms with Crippen molar-refractivity contribution in [3.05, 3.63) is 0 Å². The predicted octanol–water partition coefficient (Wildman–Crippen LogP) is 4.53. The lowest BCUT2D eigenvalue weighted by atomic mass is 10.00. The van der Waals surface area contributed by atoms with E-state index >= 15 is 0 Å². The number of halogens is 1. The van der Waals surface area contributed by atoms with Gasteiger partial charge in [0.1, 0.15) is 0 Å². The maximum atomic E-state index is 11.4. The molecule has 0 N–H and O–H groups in total. The molecule has 0 heterocycles. The van der Waals surface area contributed by atoms with Crippen LogP contribution in [-0.2, 0) is 4.79 Å². The van der Waals surface area contributed by atoms with Gasteiger partial charge in [0.25, 0.3) is 0 Å². The lowest BCUT2D eigenvalue weighted by molar-refractivity contribution is -0.115. The Morgan fingerprint density at radius 1 is 1.27 bits per heavy atom. The lowest BCUT2D eigenvalue weighted by Crippen LogP contribution is -2.40. The van der Waals surface area contributed by atoms with Crippen molar-refractivity contribution in [2.45, 2.75) is 58.8 Å². The molecule has 15 heavy (non-hydrogen) atoms. The highest BCUT2D eigenvalue weighted by molar-refractivity contribution is 6.80. The largest absolute Gasteiger partial charge is 0.281 e. The smallest absolute Gasteiger partial charge is 0.224 e. The number of hydrogen-bond donors (Lipinski definition) is 0. The topological polar surface area (TPSA) is 17.1 Å². The first-order valence-corrected chi connectivity index (χ1v) is 9.27. The molecule has 0 rings (SSSR count). The maximum Gasteiger partial charge on any atom is 0.224 e. The van der Waals surface area contributed by atoms with Crippen LogP contribution in [0.1, 0.15) is 34.6 Å². The highest BCUT2D eigenvalue weighted by atomic mass is 35.5. The Labute approximate surface area is 101 Å². The van der Waals surface area contributed by atoms with Crippen LogP contribution in [0.25, 0.3) is 0 Å². The van der Waals surface area contributed by atoms with Crippen LogP contribution in [0.5, 0.6) is 0 Å². The summed E-state index contributed by atoms with van der Waals surface area (Å²) >= 11 is 5.68. The Balaban J connectivity index is 4.75. The molecule has 0 fully saturated rings. The second-order valence-corrected chi connectivity index (χ2v) is 12.5. The summed E-state index contributed by atoms with van der Waals surface area (Å²) in [6.07, 6.45) is 0. The monoisotopic (exact) mass is 248 g/mol. The quantitative estimate of drug-likeness (QED) is 0.528. The SMILES string of the molecule is CC(C)C(C[Si](C)(C)C(C)(C)C)C(=O)Cl. The van der Waals surface area contributed by atoms with Gasteiger partial charge in [-0.2, -0.15) is 0 Å². The normalized spacial score (nSPS) is 15.5. The Morgan fingerprint density at radius 2 is 1.67 bits per heavy atom. The van der Waals surface area contributed by atoms with Crippen molar-refractivity contribution in [1.29, 1.82) is 0 Å². The van der Waals surface area contributed by atoms with Gasteiger partial charge < -0.3 is 0 Å². The molecule has 0 aliphatic carbocycles. The number of carbonyl (C=O) groups is 1. The fourth-order valence-electron chi connectivity index (χ4n) is 1.43. The molecular weight excluding hydrogens is 224 g/mol. The van der Waals surface area contributed by atoms with E-state index in [1.165, 1.54) is 0 Å². The first-order chi connectivity index (χ1) is 6.49. The van der Waals surface area contributed by atoms with Gasteiger partial charge >= 0.3 is 0 Å². The third kappa shape index (κ3) is 4.27. The molecule has 0 aromatic heterocycles. The van der Waals surface area contributed by atoms with E-state index in [-0.39, 0.29) is 11.2 Å². The summed E-state index contributed by atoms with van der Waals surface area (Å²) in [6, 6.07) is 0.997. The van der Waals surface area contributed by atoms with Crippen molar-refractivity contribution in [1.82, 2.24) is 0 Å². The van der Waals surface area contributed by atoms with E-state index in [0.717, 1.165) is 6.04 Å². The molecule has 0 spiro atoms. The van der Waals surface area contributed by atoms with Gasteiger partial charge in [-0.15, -0.1) is 0 Å². The van der Waals surface area contributed by atoms with Gasteiger partial charge in [-0.25, -0.2) is 0 Å². The van der Waals surface area contributed by atoms with Crippen LogP contribution in [0, 0.1) is 11.8 Å². The molecule has 0 saturated heterocycles. The summed E-state index contributed by atoms with van der Waals surface area (Å²) < 4.78 is 0. The second kappa shape index (κ2) is 5.01. The van der Waals surface area contributed by atoms with E-state index in [2.05, 4.69) is 47.7 Å². The average Bonchev–Trinajstić information content (AvgIpc) is 1.96. The van der Waals surface area contributed by atoms with Crippen LogP contribution < -0.4 is 0 Å². The summed E-state index contributed by atoms with van der Waals surface area (Å²) in [7, 11) is -1.40. The predicted molar refractivity (Wildman–Crippen MR) is 71.2 cm³/mol. The van der Waals surface area contributed by atoms with Gasteiger partial charge in [0.05, 0.1) is 8.07 Å². The van der Waals surface area contributed by atoms with E-state index in [9.17, 15) is 4.79 Å². The van der Waals surface area contributed by atoms with Crippen LogP contribution in [0.15, 0.2) is 0 Å². The Morgan fingerprint density at radius 3 is 1.87 bits per heavy atom. The number of hydrogen-bond acceptors (Lipinski definition) is 1. The van der Waals surface area contributed by atoms with Crippen LogP contribution in [0.4, 0.5) is 0 Å². The van der Waals surface area contributed by atoms with Crippen LogP contribution in [0.3, 0.4) is 0 Å². The molecule has 0 radical (unpaired) electrons. The van der Waals surface area contributed by atoms with E-state index in [4.69, 9.17) is 11.6 Å². The first-order valence-electron chi connectivity index (χ1n) is 5.68. The summed E-state index contributed by atoms with van der Waals surface area (Å²) in [5.41, 5.74) is 0.